The number of carbonyl (C=O) groups excluding carboxylic acids is 1. The Kier molecular flexibility index (Phi) is 9.22. The van der Waals surface area contributed by atoms with Crippen LogP contribution >= 0.6 is 45.8 Å². The Morgan fingerprint density at radius 3 is 2.53 bits per heavy atom. The maximum atomic E-state index is 12.8. The molecule has 0 aliphatic heterocycles. The van der Waals surface area contributed by atoms with E-state index in [1.807, 2.05) is 50.2 Å². The second-order valence-electron chi connectivity index (χ2n) is 7.20. The van der Waals surface area contributed by atoms with Crippen LogP contribution in [0, 0.1) is 21.8 Å². The van der Waals surface area contributed by atoms with Crippen LogP contribution in [0.4, 0.5) is 5.69 Å². The zero-order valence-electron chi connectivity index (χ0n) is 18.5. The number of nitrogens with zero attached hydrogens (tertiary/aromatic N) is 1. The molecule has 0 bridgehead atoms. The topological polar surface area (TPSA) is 71.3 Å². The van der Waals surface area contributed by atoms with E-state index in [9.17, 15) is 10.1 Å². The first-order chi connectivity index (χ1) is 16.3. The fourth-order valence-corrected chi connectivity index (χ4v) is 4.37. The van der Waals surface area contributed by atoms with Gasteiger partial charge < -0.3 is 14.8 Å². The molecule has 3 aromatic carbocycles. The average Bonchev–Trinajstić information content (AvgIpc) is 2.80. The van der Waals surface area contributed by atoms with E-state index in [1.54, 1.807) is 24.3 Å². The molecule has 5 nitrogen and oxygen atoms in total. The number of amides is 1. The molecule has 8 heteroatoms. The van der Waals surface area contributed by atoms with Gasteiger partial charge in [-0.05, 0) is 77.9 Å². The summed E-state index contributed by atoms with van der Waals surface area (Å²) in [6, 6.07) is 18.3. The number of rotatable bonds is 8. The summed E-state index contributed by atoms with van der Waals surface area (Å²) in [7, 11) is 0. The molecule has 3 aromatic rings. The van der Waals surface area contributed by atoms with E-state index in [2.05, 4.69) is 27.9 Å². The Hall–Kier alpha value is -2.73. The molecule has 0 aliphatic rings. The lowest BCUT2D eigenvalue weighted by atomic mass is 10.1. The fraction of sp³-hybridized carbons (Fsp3) is 0.154. The number of ether oxygens (including phenoxy) is 2. The van der Waals surface area contributed by atoms with Crippen molar-refractivity contribution in [2.45, 2.75) is 20.5 Å². The Balaban J connectivity index is 1.88. The average molecular weight is 607 g/mol. The van der Waals surface area contributed by atoms with E-state index in [4.69, 9.17) is 32.7 Å². The molecular weight excluding hydrogens is 586 g/mol. The first kappa shape index (κ1) is 25.9. The summed E-state index contributed by atoms with van der Waals surface area (Å²) in [6.07, 6.45) is 1.50. The molecule has 0 aromatic heterocycles. The zero-order chi connectivity index (χ0) is 24.7. The highest BCUT2D eigenvalue weighted by Crippen LogP contribution is 2.36. The van der Waals surface area contributed by atoms with Gasteiger partial charge in [0.1, 0.15) is 18.2 Å². The summed E-state index contributed by atoms with van der Waals surface area (Å²) in [5, 5.41) is 13.4. The second-order valence-corrected chi connectivity index (χ2v) is 9.18. The van der Waals surface area contributed by atoms with Crippen LogP contribution in [0.5, 0.6) is 11.5 Å². The smallest absolute Gasteiger partial charge is 0.266 e. The normalized spacial score (nSPS) is 11.0. The fourth-order valence-electron chi connectivity index (χ4n) is 3.13. The predicted molar refractivity (Wildman–Crippen MR) is 145 cm³/mol. The van der Waals surface area contributed by atoms with Crippen LogP contribution in [0.1, 0.15) is 23.6 Å². The molecule has 0 saturated heterocycles. The third kappa shape index (κ3) is 6.44. The number of nitriles is 1. The van der Waals surface area contributed by atoms with Crippen molar-refractivity contribution in [3.8, 4) is 17.6 Å². The van der Waals surface area contributed by atoms with Crippen molar-refractivity contribution in [1.82, 2.24) is 0 Å². The van der Waals surface area contributed by atoms with E-state index in [0.29, 0.717) is 39.4 Å². The first-order valence-corrected chi connectivity index (χ1v) is 12.2. The van der Waals surface area contributed by atoms with E-state index in [0.717, 1.165) is 14.7 Å². The summed E-state index contributed by atoms with van der Waals surface area (Å²) >= 11 is 14.6. The maximum absolute atomic E-state index is 12.8. The molecule has 34 heavy (non-hydrogen) atoms. The molecule has 174 valence electrons. The van der Waals surface area contributed by atoms with Crippen LogP contribution in [0.3, 0.4) is 0 Å². The number of nitrogens with one attached hydrogen (secondary N) is 1. The van der Waals surface area contributed by atoms with Crippen molar-refractivity contribution in [3.63, 3.8) is 0 Å². The summed E-state index contributed by atoms with van der Waals surface area (Å²) in [6.45, 7) is 4.39. The molecule has 1 N–H and O–H groups in total. The quantitative estimate of drug-likeness (QED) is 0.164. The van der Waals surface area contributed by atoms with Gasteiger partial charge in [-0.3, -0.25) is 4.79 Å². The first-order valence-electron chi connectivity index (χ1n) is 10.3. The van der Waals surface area contributed by atoms with Gasteiger partial charge >= 0.3 is 0 Å². The number of hydrogen-bond acceptors (Lipinski definition) is 4. The number of carbonyl (C=O) groups is 1. The zero-order valence-corrected chi connectivity index (χ0v) is 22.2. The number of aryl methyl sites for hydroxylation is 1. The molecule has 0 fully saturated rings. The van der Waals surface area contributed by atoms with Gasteiger partial charge in [-0.2, -0.15) is 5.26 Å². The maximum Gasteiger partial charge on any atom is 0.266 e. The van der Waals surface area contributed by atoms with Crippen molar-refractivity contribution in [2.24, 2.45) is 0 Å². The molecule has 3 rings (SSSR count). The lowest BCUT2D eigenvalue weighted by Gasteiger charge is -2.15. The number of para-hydroxylation sites is 1. The molecule has 0 aliphatic carbocycles. The Labute approximate surface area is 222 Å². The minimum Gasteiger partial charge on any atom is -0.490 e. The molecule has 1 amide bonds. The van der Waals surface area contributed by atoms with Crippen LogP contribution in [0.2, 0.25) is 10.0 Å². The highest BCUT2D eigenvalue weighted by Gasteiger charge is 2.16. The summed E-state index contributed by atoms with van der Waals surface area (Å²) < 4.78 is 12.6. The molecule has 0 saturated carbocycles. The number of anilines is 1. The van der Waals surface area contributed by atoms with Crippen molar-refractivity contribution >= 4 is 63.5 Å². The van der Waals surface area contributed by atoms with E-state index in [-0.39, 0.29) is 12.2 Å². The number of benzene rings is 3. The van der Waals surface area contributed by atoms with Gasteiger partial charge in [-0.15, -0.1) is 0 Å². The Morgan fingerprint density at radius 1 is 1.12 bits per heavy atom. The number of hydrogen-bond donors (Lipinski definition) is 1. The van der Waals surface area contributed by atoms with Crippen LogP contribution in [0.15, 0.2) is 60.2 Å². The minimum atomic E-state index is -0.550. The highest BCUT2D eigenvalue weighted by atomic mass is 127. The molecule has 0 atom stereocenters. The van der Waals surface area contributed by atoms with Gasteiger partial charge in [-0.1, -0.05) is 53.5 Å². The van der Waals surface area contributed by atoms with Gasteiger partial charge in [0.05, 0.1) is 20.9 Å². The SMILES string of the molecule is CCOc1cc(/C=C(\C#N)C(=O)Nc2c(C)cccc2Cl)cc(I)c1OCc1ccccc1Cl. The van der Waals surface area contributed by atoms with Crippen molar-refractivity contribution in [2.75, 3.05) is 11.9 Å². The van der Waals surface area contributed by atoms with Crippen molar-refractivity contribution in [1.29, 1.82) is 5.26 Å². The lowest BCUT2D eigenvalue weighted by Crippen LogP contribution is -2.14. The van der Waals surface area contributed by atoms with Crippen LogP contribution in [-0.4, -0.2) is 12.5 Å². The van der Waals surface area contributed by atoms with E-state index in [1.165, 1.54) is 6.08 Å². The highest BCUT2D eigenvalue weighted by molar-refractivity contribution is 14.1. The van der Waals surface area contributed by atoms with Gasteiger partial charge in [-0.25, -0.2) is 0 Å². The summed E-state index contributed by atoms with van der Waals surface area (Å²) in [5.41, 5.74) is 2.68. The molecular formula is C26H21Cl2IN2O3. The minimum absolute atomic E-state index is 0.0673. The third-order valence-corrected chi connectivity index (χ3v) is 6.28. The molecule has 0 radical (unpaired) electrons. The summed E-state index contributed by atoms with van der Waals surface area (Å²) in [4.78, 5) is 12.8. The van der Waals surface area contributed by atoms with Gasteiger partial charge in [0.2, 0.25) is 0 Å². The second kappa shape index (κ2) is 12.1. The van der Waals surface area contributed by atoms with Gasteiger partial charge in [0, 0.05) is 10.6 Å². The van der Waals surface area contributed by atoms with Crippen molar-refractivity contribution < 1.29 is 14.3 Å². The number of halogens is 3. The van der Waals surface area contributed by atoms with Crippen LogP contribution < -0.4 is 14.8 Å². The lowest BCUT2D eigenvalue weighted by molar-refractivity contribution is -0.112. The van der Waals surface area contributed by atoms with Crippen LogP contribution in [-0.2, 0) is 11.4 Å². The standard InChI is InChI=1S/C26H21Cl2IN2O3/c1-3-33-23-13-17(12-22(29)25(23)34-15-18-8-4-5-9-20(18)27)11-19(14-30)26(32)31-24-16(2)7-6-10-21(24)28/h4-13H,3,15H2,1-2H3,(H,31,32)/b19-11+. The monoisotopic (exact) mass is 606 g/mol. The van der Waals surface area contributed by atoms with E-state index < -0.39 is 5.91 Å². The molecule has 0 spiro atoms. The summed E-state index contributed by atoms with van der Waals surface area (Å²) in [5.74, 6) is 0.521. The Bertz CT molecular complexity index is 1270. The predicted octanol–water partition coefficient (Wildman–Crippen LogP) is 7.43. The molecule has 0 unspecified atom stereocenters. The van der Waals surface area contributed by atoms with Crippen LogP contribution in [0.25, 0.3) is 6.08 Å². The van der Waals surface area contributed by atoms with Gasteiger partial charge in [0.15, 0.2) is 11.5 Å². The third-order valence-electron chi connectivity index (χ3n) is 4.80. The van der Waals surface area contributed by atoms with Gasteiger partial charge in [0.25, 0.3) is 5.91 Å². The van der Waals surface area contributed by atoms with E-state index >= 15 is 0 Å². The largest absolute Gasteiger partial charge is 0.490 e. The van der Waals surface area contributed by atoms with Crippen molar-refractivity contribution in [3.05, 3.63) is 90.5 Å². The Morgan fingerprint density at radius 2 is 1.85 bits per heavy atom. The molecule has 0 heterocycles.